The van der Waals surface area contributed by atoms with Crippen molar-refractivity contribution in [3.05, 3.63) is 29.8 Å². The SMILES string of the molecule is CC(C)[C@H](CNC(=O)/C=C/c1ccc2c(c1)OCO2)N1CCOCC1. The van der Waals surface area contributed by atoms with Gasteiger partial charge in [-0.25, -0.2) is 0 Å². The van der Waals surface area contributed by atoms with Crippen molar-refractivity contribution in [1.29, 1.82) is 0 Å². The molecule has 1 amide bonds. The first-order valence-corrected chi connectivity index (χ1v) is 8.81. The van der Waals surface area contributed by atoms with Crippen molar-refractivity contribution in [3.63, 3.8) is 0 Å². The van der Waals surface area contributed by atoms with Crippen LogP contribution in [-0.4, -0.2) is 56.5 Å². The molecule has 0 spiro atoms. The highest BCUT2D eigenvalue weighted by molar-refractivity contribution is 5.91. The zero-order valence-corrected chi connectivity index (χ0v) is 14.9. The summed E-state index contributed by atoms with van der Waals surface area (Å²) in [6, 6.07) is 5.96. The Morgan fingerprint density at radius 3 is 2.76 bits per heavy atom. The lowest BCUT2D eigenvalue weighted by molar-refractivity contribution is -0.116. The Bertz CT molecular complexity index is 624. The third kappa shape index (κ3) is 4.74. The van der Waals surface area contributed by atoms with Crippen molar-refractivity contribution < 1.29 is 19.0 Å². The number of fused-ring (bicyclic) bond motifs is 1. The van der Waals surface area contributed by atoms with E-state index in [2.05, 4.69) is 24.1 Å². The van der Waals surface area contributed by atoms with Crippen molar-refractivity contribution in [1.82, 2.24) is 10.2 Å². The Labute approximate surface area is 148 Å². The lowest BCUT2D eigenvalue weighted by atomic mass is 10.0. The van der Waals surface area contributed by atoms with Crippen LogP contribution >= 0.6 is 0 Å². The summed E-state index contributed by atoms with van der Waals surface area (Å²) in [4.78, 5) is 14.6. The van der Waals surface area contributed by atoms with E-state index < -0.39 is 0 Å². The molecule has 0 bridgehead atoms. The maximum absolute atomic E-state index is 12.2. The monoisotopic (exact) mass is 346 g/mol. The highest BCUT2D eigenvalue weighted by Gasteiger charge is 2.23. The zero-order chi connectivity index (χ0) is 17.6. The van der Waals surface area contributed by atoms with Crippen LogP contribution in [-0.2, 0) is 9.53 Å². The number of benzene rings is 1. The van der Waals surface area contributed by atoms with Gasteiger partial charge in [0.05, 0.1) is 13.2 Å². The van der Waals surface area contributed by atoms with Crippen LogP contribution in [0.25, 0.3) is 6.08 Å². The van der Waals surface area contributed by atoms with Crippen LogP contribution in [0, 0.1) is 5.92 Å². The second-order valence-corrected chi connectivity index (χ2v) is 6.65. The van der Waals surface area contributed by atoms with E-state index in [1.807, 2.05) is 18.2 Å². The van der Waals surface area contributed by atoms with Gasteiger partial charge in [0.1, 0.15) is 0 Å². The summed E-state index contributed by atoms with van der Waals surface area (Å²) in [7, 11) is 0. The van der Waals surface area contributed by atoms with Crippen molar-refractivity contribution >= 4 is 12.0 Å². The molecule has 136 valence electrons. The molecule has 0 aromatic heterocycles. The zero-order valence-electron chi connectivity index (χ0n) is 14.9. The Kier molecular flexibility index (Phi) is 5.94. The average molecular weight is 346 g/mol. The van der Waals surface area contributed by atoms with Crippen molar-refractivity contribution in [2.45, 2.75) is 19.9 Å². The van der Waals surface area contributed by atoms with Crippen LogP contribution < -0.4 is 14.8 Å². The van der Waals surface area contributed by atoms with E-state index in [1.165, 1.54) is 0 Å². The van der Waals surface area contributed by atoms with Gasteiger partial charge in [-0.05, 0) is 29.7 Å². The summed E-state index contributed by atoms with van der Waals surface area (Å²) in [6.45, 7) is 8.65. The maximum atomic E-state index is 12.2. The second kappa shape index (κ2) is 8.36. The molecule has 2 aliphatic rings. The molecule has 0 radical (unpaired) electrons. The number of nitrogens with zero attached hydrogens (tertiary/aromatic N) is 1. The molecule has 0 aliphatic carbocycles. The Morgan fingerprint density at radius 2 is 2.00 bits per heavy atom. The molecule has 1 fully saturated rings. The molecule has 1 aromatic carbocycles. The molecule has 25 heavy (non-hydrogen) atoms. The second-order valence-electron chi connectivity index (χ2n) is 6.65. The Balaban J connectivity index is 1.52. The first kappa shape index (κ1) is 17.8. The third-order valence-corrected chi connectivity index (χ3v) is 4.59. The minimum Gasteiger partial charge on any atom is -0.454 e. The molecule has 0 saturated carbocycles. The fraction of sp³-hybridized carbons (Fsp3) is 0.526. The number of hydrogen-bond acceptors (Lipinski definition) is 5. The molecule has 6 heteroatoms. The van der Waals surface area contributed by atoms with E-state index in [0.29, 0.717) is 18.5 Å². The molecule has 1 atom stereocenters. The van der Waals surface area contributed by atoms with Gasteiger partial charge in [0, 0.05) is 31.8 Å². The van der Waals surface area contributed by atoms with Crippen LogP contribution in [0.5, 0.6) is 11.5 Å². The van der Waals surface area contributed by atoms with Crippen LogP contribution in [0.1, 0.15) is 19.4 Å². The quantitative estimate of drug-likeness (QED) is 0.797. The highest BCUT2D eigenvalue weighted by atomic mass is 16.7. The number of ether oxygens (including phenoxy) is 3. The predicted molar refractivity (Wildman–Crippen MR) is 95.6 cm³/mol. The van der Waals surface area contributed by atoms with Gasteiger partial charge in [-0.3, -0.25) is 9.69 Å². The molecule has 2 aliphatic heterocycles. The summed E-state index contributed by atoms with van der Waals surface area (Å²) in [5, 5.41) is 3.02. The molecule has 3 rings (SSSR count). The number of rotatable bonds is 6. The molecule has 6 nitrogen and oxygen atoms in total. The molecular formula is C19H26N2O4. The van der Waals surface area contributed by atoms with E-state index in [9.17, 15) is 4.79 Å². The van der Waals surface area contributed by atoms with Crippen molar-refractivity contribution in [2.75, 3.05) is 39.6 Å². The van der Waals surface area contributed by atoms with Gasteiger partial charge in [-0.15, -0.1) is 0 Å². The molecule has 2 heterocycles. The van der Waals surface area contributed by atoms with E-state index in [1.54, 1.807) is 12.2 Å². The summed E-state index contributed by atoms with van der Waals surface area (Å²) in [5.74, 6) is 1.84. The van der Waals surface area contributed by atoms with Crippen LogP contribution in [0.15, 0.2) is 24.3 Å². The number of carbonyl (C=O) groups excluding carboxylic acids is 1. The highest BCUT2D eigenvalue weighted by Crippen LogP contribution is 2.32. The van der Waals surface area contributed by atoms with Crippen LogP contribution in [0.4, 0.5) is 0 Å². The van der Waals surface area contributed by atoms with Gasteiger partial charge in [-0.2, -0.15) is 0 Å². The first-order chi connectivity index (χ1) is 12.1. The topological polar surface area (TPSA) is 60.0 Å². The first-order valence-electron chi connectivity index (χ1n) is 8.81. The van der Waals surface area contributed by atoms with Crippen molar-refractivity contribution in [2.24, 2.45) is 5.92 Å². The van der Waals surface area contributed by atoms with E-state index in [0.717, 1.165) is 43.4 Å². The third-order valence-electron chi connectivity index (χ3n) is 4.59. The molecule has 1 aromatic rings. The van der Waals surface area contributed by atoms with E-state index in [4.69, 9.17) is 14.2 Å². The summed E-state index contributed by atoms with van der Waals surface area (Å²) in [5.41, 5.74) is 0.910. The Hall–Kier alpha value is -2.05. The lowest BCUT2D eigenvalue weighted by Gasteiger charge is -2.36. The number of amides is 1. The number of morpholine rings is 1. The standard InChI is InChI=1S/C19H26N2O4/c1-14(2)16(21-7-9-23-10-8-21)12-20-19(22)6-4-15-3-5-17-18(11-15)25-13-24-17/h3-6,11,14,16H,7-10,12-13H2,1-2H3,(H,20,22)/b6-4+/t16-/m0/s1. The van der Waals surface area contributed by atoms with Gasteiger partial charge in [0.2, 0.25) is 12.7 Å². The van der Waals surface area contributed by atoms with Gasteiger partial charge in [0.25, 0.3) is 0 Å². The summed E-state index contributed by atoms with van der Waals surface area (Å²) < 4.78 is 16.0. The number of carbonyl (C=O) groups is 1. The number of nitrogens with one attached hydrogen (secondary N) is 1. The minimum atomic E-state index is -0.0865. The minimum absolute atomic E-state index is 0.0865. The summed E-state index contributed by atoms with van der Waals surface area (Å²) in [6.07, 6.45) is 3.35. The average Bonchev–Trinajstić information content (AvgIpc) is 3.08. The van der Waals surface area contributed by atoms with Gasteiger partial charge in [0.15, 0.2) is 11.5 Å². The maximum Gasteiger partial charge on any atom is 0.244 e. The summed E-state index contributed by atoms with van der Waals surface area (Å²) >= 11 is 0. The van der Waals surface area contributed by atoms with Gasteiger partial charge in [-0.1, -0.05) is 19.9 Å². The molecular weight excluding hydrogens is 320 g/mol. The van der Waals surface area contributed by atoms with Gasteiger partial charge >= 0.3 is 0 Å². The molecule has 0 unspecified atom stereocenters. The fourth-order valence-electron chi connectivity index (χ4n) is 3.15. The van der Waals surface area contributed by atoms with E-state index >= 15 is 0 Å². The van der Waals surface area contributed by atoms with Crippen LogP contribution in [0.3, 0.4) is 0 Å². The van der Waals surface area contributed by atoms with E-state index in [-0.39, 0.29) is 12.7 Å². The van der Waals surface area contributed by atoms with Crippen molar-refractivity contribution in [3.8, 4) is 11.5 Å². The smallest absolute Gasteiger partial charge is 0.244 e. The van der Waals surface area contributed by atoms with Crippen LogP contribution in [0.2, 0.25) is 0 Å². The fourth-order valence-corrected chi connectivity index (χ4v) is 3.15. The predicted octanol–water partition coefficient (Wildman–Crippen LogP) is 1.90. The molecule has 1 N–H and O–H groups in total. The largest absolute Gasteiger partial charge is 0.454 e. The normalized spacial score (nSPS) is 18.7. The number of hydrogen-bond donors (Lipinski definition) is 1. The molecule has 1 saturated heterocycles. The lowest BCUT2D eigenvalue weighted by Crippen LogP contribution is -2.51. The van der Waals surface area contributed by atoms with Gasteiger partial charge < -0.3 is 19.5 Å². The Morgan fingerprint density at radius 1 is 1.24 bits per heavy atom.